The van der Waals surface area contributed by atoms with Crippen molar-refractivity contribution in [1.29, 1.82) is 0 Å². The van der Waals surface area contributed by atoms with E-state index >= 15 is 0 Å². The van der Waals surface area contributed by atoms with Gasteiger partial charge in [0.15, 0.2) is 11.9 Å². The van der Waals surface area contributed by atoms with Crippen molar-refractivity contribution in [3.63, 3.8) is 0 Å². The minimum atomic E-state index is -0.358. The Morgan fingerprint density at radius 1 is 1.18 bits per heavy atom. The summed E-state index contributed by atoms with van der Waals surface area (Å²) in [7, 11) is 0. The minimum absolute atomic E-state index is 0.269. The van der Waals surface area contributed by atoms with E-state index in [1.54, 1.807) is 23.4 Å². The minimum Gasteiger partial charge on any atom is -0.474 e. The van der Waals surface area contributed by atoms with E-state index in [4.69, 9.17) is 14.0 Å². The third-order valence-electron chi connectivity index (χ3n) is 5.11. The third-order valence-corrected chi connectivity index (χ3v) is 5.11. The molecule has 3 aromatic rings. The van der Waals surface area contributed by atoms with Gasteiger partial charge in [0.1, 0.15) is 6.61 Å². The Balaban J connectivity index is 1.33. The molecule has 1 aliphatic heterocycles. The number of rotatable bonds is 4. The quantitative estimate of drug-likeness (QED) is 0.691. The lowest BCUT2D eigenvalue weighted by atomic mass is 10.0. The molecule has 2 aliphatic rings. The SMILES string of the molecule is O=C1OC(COc2ccccn2)CN1c1ccc2c(c1)CCCc1cnoc1-2. The first kappa shape index (κ1) is 16.8. The van der Waals surface area contributed by atoms with E-state index in [-0.39, 0.29) is 18.8 Å². The number of cyclic esters (lactones) is 1. The van der Waals surface area contributed by atoms with Gasteiger partial charge in [0.2, 0.25) is 5.88 Å². The van der Waals surface area contributed by atoms with Gasteiger partial charge >= 0.3 is 6.09 Å². The zero-order valence-electron chi connectivity index (χ0n) is 15.2. The van der Waals surface area contributed by atoms with E-state index in [0.717, 1.165) is 47.4 Å². The lowest BCUT2D eigenvalue weighted by Gasteiger charge is -2.15. The fraction of sp³-hybridized carbons (Fsp3) is 0.286. The molecule has 1 aromatic carbocycles. The number of fused-ring (bicyclic) bond motifs is 3. The number of carbonyl (C=O) groups excluding carboxylic acids is 1. The fourth-order valence-corrected chi connectivity index (χ4v) is 3.74. The molecule has 2 aromatic heterocycles. The van der Waals surface area contributed by atoms with Crippen molar-refractivity contribution in [3.05, 3.63) is 59.9 Å². The maximum atomic E-state index is 12.4. The molecule has 0 saturated carbocycles. The second-order valence-corrected chi connectivity index (χ2v) is 6.97. The van der Waals surface area contributed by atoms with Gasteiger partial charge in [-0.2, -0.15) is 0 Å². The highest BCUT2D eigenvalue weighted by atomic mass is 16.6. The Labute approximate surface area is 161 Å². The average Bonchev–Trinajstić information content (AvgIpc) is 3.29. The first-order valence-electron chi connectivity index (χ1n) is 9.37. The highest BCUT2D eigenvalue weighted by Gasteiger charge is 2.33. The van der Waals surface area contributed by atoms with Crippen LogP contribution in [0.3, 0.4) is 0 Å². The zero-order valence-corrected chi connectivity index (χ0v) is 15.2. The van der Waals surface area contributed by atoms with E-state index in [9.17, 15) is 4.79 Å². The normalized spacial score (nSPS) is 18.2. The molecule has 7 heteroatoms. The molecule has 5 rings (SSSR count). The summed E-state index contributed by atoms with van der Waals surface area (Å²) >= 11 is 0. The average molecular weight is 377 g/mol. The fourth-order valence-electron chi connectivity index (χ4n) is 3.74. The lowest BCUT2D eigenvalue weighted by molar-refractivity contribution is 0.103. The van der Waals surface area contributed by atoms with Gasteiger partial charge in [0.05, 0.1) is 12.7 Å². The first-order valence-corrected chi connectivity index (χ1v) is 9.37. The molecule has 1 fully saturated rings. The van der Waals surface area contributed by atoms with Crippen LogP contribution in [-0.4, -0.2) is 35.5 Å². The van der Waals surface area contributed by atoms with Crippen LogP contribution >= 0.6 is 0 Å². The monoisotopic (exact) mass is 377 g/mol. The number of pyridine rings is 1. The van der Waals surface area contributed by atoms with E-state index in [1.165, 1.54) is 0 Å². The number of aromatic nitrogens is 2. The van der Waals surface area contributed by atoms with Crippen molar-refractivity contribution < 1.29 is 18.8 Å². The van der Waals surface area contributed by atoms with Gasteiger partial charge < -0.3 is 14.0 Å². The summed E-state index contributed by atoms with van der Waals surface area (Å²) in [6.07, 6.45) is 5.66. The van der Waals surface area contributed by atoms with Crippen molar-refractivity contribution in [3.8, 4) is 17.2 Å². The number of ether oxygens (including phenoxy) is 2. The second kappa shape index (κ2) is 6.99. The number of carbonyl (C=O) groups is 1. The van der Waals surface area contributed by atoms with Crippen molar-refractivity contribution in [2.24, 2.45) is 0 Å². The maximum absolute atomic E-state index is 12.4. The van der Waals surface area contributed by atoms with Gasteiger partial charge in [-0.05, 0) is 49.1 Å². The van der Waals surface area contributed by atoms with Crippen molar-refractivity contribution >= 4 is 11.8 Å². The van der Waals surface area contributed by atoms with Crippen LogP contribution in [0.25, 0.3) is 11.3 Å². The molecule has 0 spiro atoms. The number of amides is 1. The Morgan fingerprint density at radius 2 is 2.11 bits per heavy atom. The molecular formula is C21H19N3O4. The predicted octanol–water partition coefficient (Wildman–Crippen LogP) is 3.63. The number of aryl methyl sites for hydroxylation is 2. The summed E-state index contributed by atoms with van der Waals surface area (Å²) in [4.78, 5) is 18.2. The van der Waals surface area contributed by atoms with Gasteiger partial charge in [0, 0.05) is 29.1 Å². The van der Waals surface area contributed by atoms with Gasteiger partial charge in [0.25, 0.3) is 0 Å². The molecule has 1 amide bonds. The molecule has 28 heavy (non-hydrogen) atoms. The molecule has 0 radical (unpaired) electrons. The van der Waals surface area contributed by atoms with E-state index in [1.807, 2.05) is 24.3 Å². The molecule has 0 bridgehead atoms. The van der Waals surface area contributed by atoms with Crippen LogP contribution in [0.4, 0.5) is 10.5 Å². The Kier molecular flexibility index (Phi) is 4.20. The van der Waals surface area contributed by atoms with Crippen LogP contribution in [0.1, 0.15) is 17.5 Å². The summed E-state index contributed by atoms with van der Waals surface area (Å²) in [5, 5.41) is 3.93. The van der Waals surface area contributed by atoms with Crippen LogP contribution in [0, 0.1) is 0 Å². The molecule has 142 valence electrons. The van der Waals surface area contributed by atoms with Gasteiger partial charge in [-0.15, -0.1) is 0 Å². The highest BCUT2D eigenvalue weighted by molar-refractivity contribution is 5.90. The van der Waals surface area contributed by atoms with E-state index < -0.39 is 0 Å². The zero-order chi connectivity index (χ0) is 18.9. The third kappa shape index (κ3) is 3.09. The van der Waals surface area contributed by atoms with Crippen LogP contribution in [0.15, 0.2) is 53.3 Å². The van der Waals surface area contributed by atoms with Crippen LogP contribution < -0.4 is 9.64 Å². The second-order valence-electron chi connectivity index (χ2n) is 6.97. The molecule has 0 N–H and O–H groups in total. The van der Waals surface area contributed by atoms with Crippen LogP contribution in [-0.2, 0) is 17.6 Å². The summed E-state index contributed by atoms with van der Waals surface area (Å²) in [5.41, 5.74) is 4.18. The summed E-state index contributed by atoms with van der Waals surface area (Å²) < 4.78 is 16.6. The largest absolute Gasteiger partial charge is 0.474 e. The standard InChI is InChI=1S/C21H19N3O4/c25-21-24(12-17(27-21)13-26-19-6-1-2-9-22-19)16-7-8-18-14(10-16)4-3-5-15-11-23-28-20(15)18/h1-2,6-11,17H,3-5,12-13H2. The molecule has 1 aliphatic carbocycles. The first-order chi connectivity index (χ1) is 13.8. The van der Waals surface area contributed by atoms with Crippen molar-refractivity contribution in [2.45, 2.75) is 25.4 Å². The molecule has 1 atom stereocenters. The van der Waals surface area contributed by atoms with Gasteiger partial charge in [-0.25, -0.2) is 9.78 Å². The number of hydrogen-bond donors (Lipinski definition) is 0. The molecule has 1 saturated heterocycles. The van der Waals surface area contributed by atoms with Gasteiger partial charge in [-0.1, -0.05) is 11.2 Å². The number of nitrogens with zero attached hydrogens (tertiary/aromatic N) is 3. The Hall–Kier alpha value is -3.35. The molecule has 1 unspecified atom stereocenters. The Bertz CT molecular complexity index is 1000. The molecule has 3 heterocycles. The maximum Gasteiger partial charge on any atom is 0.414 e. The summed E-state index contributed by atoms with van der Waals surface area (Å²) in [6, 6.07) is 11.4. The summed E-state index contributed by atoms with van der Waals surface area (Å²) in [5.74, 6) is 1.36. The number of benzene rings is 1. The number of anilines is 1. The highest BCUT2D eigenvalue weighted by Crippen LogP contribution is 2.35. The molecule has 7 nitrogen and oxygen atoms in total. The Morgan fingerprint density at radius 3 is 3.00 bits per heavy atom. The van der Waals surface area contributed by atoms with Crippen LogP contribution in [0.2, 0.25) is 0 Å². The van der Waals surface area contributed by atoms with Crippen molar-refractivity contribution in [2.75, 3.05) is 18.1 Å². The smallest absolute Gasteiger partial charge is 0.414 e. The topological polar surface area (TPSA) is 77.7 Å². The predicted molar refractivity (Wildman–Crippen MR) is 101 cm³/mol. The van der Waals surface area contributed by atoms with Gasteiger partial charge in [-0.3, -0.25) is 4.90 Å². The molecular weight excluding hydrogens is 358 g/mol. The number of hydrogen-bond acceptors (Lipinski definition) is 6. The van der Waals surface area contributed by atoms with E-state index in [0.29, 0.717) is 12.4 Å². The van der Waals surface area contributed by atoms with Crippen LogP contribution in [0.5, 0.6) is 5.88 Å². The van der Waals surface area contributed by atoms with Crippen molar-refractivity contribution in [1.82, 2.24) is 10.1 Å². The lowest BCUT2D eigenvalue weighted by Crippen LogP contribution is -2.26. The van der Waals surface area contributed by atoms with E-state index in [2.05, 4.69) is 16.2 Å². The summed E-state index contributed by atoms with van der Waals surface area (Å²) in [6.45, 7) is 0.712.